The number of fused-ring (bicyclic) bond motifs is 1. The van der Waals surface area contributed by atoms with Crippen LogP contribution in [0.2, 0.25) is 5.02 Å². The average molecular weight is 389 g/mol. The maximum atomic E-state index is 12.6. The number of aromatic nitrogens is 3. The Morgan fingerprint density at radius 1 is 1.35 bits per heavy atom. The van der Waals surface area contributed by atoms with Crippen molar-refractivity contribution in [3.63, 3.8) is 0 Å². The van der Waals surface area contributed by atoms with E-state index < -0.39 is 0 Å². The van der Waals surface area contributed by atoms with Crippen molar-refractivity contribution in [2.75, 3.05) is 6.54 Å². The quantitative estimate of drug-likeness (QED) is 0.707. The molecular weight excluding hydrogens is 368 g/mol. The number of hydrogen-bond donors (Lipinski definition) is 1. The van der Waals surface area contributed by atoms with Crippen LogP contribution in [0.1, 0.15) is 42.7 Å². The van der Waals surface area contributed by atoms with Crippen LogP contribution in [0.4, 0.5) is 0 Å². The summed E-state index contributed by atoms with van der Waals surface area (Å²) in [6.45, 7) is 0.740. The molecule has 0 aliphatic heterocycles. The molecule has 3 aromatic heterocycles. The van der Waals surface area contributed by atoms with Crippen molar-refractivity contribution in [3.8, 4) is 10.6 Å². The Morgan fingerprint density at radius 3 is 2.92 bits per heavy atom. The van der Waals surface area contributed by atoms with Crippen molar-refractivity contribution < 1.29 is 4.79 Å². The lowest BCUT2D eigenvalue weighted by Crippen LogP contribution is -2.31. The number of pyridine rings is 1. The molecule has 26 heavy (non-hydrogen) atoms. The van der Waals surface area contributed by atoms with Gasteiger partial charge in [0.15, 0.2) is 5.82 Å². The summed E-state index contributed by atoms with van der Waals surface area (Å²) in [4.78, 5) is 22.3. The zero-order valence-corrected chi connectivity index (χ0v) is 16.2. The number of amides is 1. The van der Waals surface area contributed by atoms with Crippen molar-refractivity contribution >= 4 is 39.1 Å². The second-order valence-corrected chi connectivity index (χ2v) is 8.32. The van der Waals surface area contributed by atoms with Crippen molar-refractivity contribution in [1.29, 1.82) is 0 Å². The van der Waals surface area contributed by atoms with Crippen LogP contribution in [0.25, 0.3) is 20.8 Å². The van der Waals surface area contributed by atoms with Gasteiger partial charge in [-0.1, -0.05) is 30.9 Å². The summed E-state index contributed by atoms with van der Waals surface area (Å²) in [6, 6.07) is 3.78. The molecule has 1 saturated carbocycles. The van der Waals surface area contributed by atoms with Gasteiger partial charge in [-0.3, -0.25) is 9.78 Å². The summed E-state index contributed by atoms with van der Waals surface area (Å²) in [6.07, 6.45) is 9.73. The smallest absolute Gasteiger partial charge is 0.287 e. The van der Waals surface area contributed by atoms with Gasteiger partial charge in [0.25, 0.3) is 5.91 Å². The lowest BCUT2D eigenvalue weighted by Gasteiger charge is -2.21. The van der Waals surface area contributed by atoms with Gasteiger partial charge in [-0.15, -0.1) is 11.3 Å². The number of carbonyl (C=O) groups is 1. The minimum absolute atomic E-state index is 0.110. The number of thiophene rings is 1. The molecule has 5 nitrogen and oxygen atoms in total. The van der Waals surface area contributed by atoms with E-state index in [1.165, 1.54) is 32.1 Å². The monoisotopic (exact) mass is 388 g/mol. The molecule has 7 heteroatoms. The second-order valence-electron chi connectivity index (χ2n) is 6.86. The molecule has 1 fully saturated rings. The minimum Gasteiger partial charge on any atom is -0.349 e. The number of nitrogens with zero attached hydrogens (tertiary/aromatic N) is 3. The van der Waals surface area contributed by atoms with Gasteiger partial charge in [-0.05, 0) is 30.9 Å². The van der Waals surface area contributed by atoms with Crippen molar-refractivity contribution in [2.24, 2.45) is 13.0 Å². The van der Waals surface area contributed by atoms with Crippen molar-refractivity contribution in [3.05, 3.63) is 35.4 Å². The van der Waals surface area contributed by atoms with Crippen LogP contribution in [0.3, 0.4) is 0 Å². The van der Waals surface area contributed by atoms with Gasteiger partial charge >= 0.3 is 0 Å². The molecule has 0 radical (unpaired) electrons. The molecule has 3 heterocycles. The summed E-state index contributed by atoms with van der Waals surface area (Å²) in [7, 11) is 1.87. The van der Waals surface area contributed by atoms with Crippen LogP contribution in [0, 0.1) is 5.92 Å². The highest BCUT2D eigenvalue weighted by molar-refractivity contribution is 7.22. The first-order valence-electron chi connectivity index (χ1n) is 8.98. The summed E-state index contributed by atoms with van der Waals surface area (Å²) in [5, 5.41) is 3.75. The average Bonchev–Trinajstić information content (AvgIpc) is 3.25. The van der Waals surface area contributed by atoms with E-state index in [9.17, 15) is 4.79 Å². The minimum atomic E-state index is -0.110. The molecule has 0 aromatic carbocycles. The topological polar surface area (TPSA) is 59.8 Å². The number of nitrogens with one attached hydrogen (secondary N) is 1. The highest BCUT2D eigenvalue weighted by atomic mass is 35.5. The van der Waals surface area contributed by atoms with Crippen LogP contribution >= 0.6 is 22.9 Å². The van der Waals surface area contributed by atoms with E-state index in [1.54, 1.807) is 29.8 Å². The van der Waals surface area contributed by atoms with Gasteiger partial charge in [0, 0.05) is 19.8 Å². The maximum Gasteiger partial charge on any atom is 0.287 e. The Kier molecular flexibility index (Phi) is 4.96. The molecule has 0 atom stereocenters. The van der Waals surface area contributed by atoms with E-state index in [0.29, 0.717) is 16.8 Å². The first-order chi connectivity index (χ1) is 12.6. The molecule has 4 rings (SSSR count). The Hall–Kier alpha value is -1.92. The van der Waals surface area contributed by atoms with Crippen LogP contribution in [-0.4, -0.2) is 27.0 Å². The summed E-state index contributed by atoms with van der Waals surface area (Å²) < 4.78 is 2.79. The van der Waals surface area contributed by atoms with Gasteiger partial charge in [0.05, 0.1) is 32.0 Å². The zero-order chi connectivity index (χ0) is 18.1. The molecule has 1 aliphatic carbocycles. The molecule has 1 amide bonds. The molecule has 0 unspecified atom stereocenters. The lowest BCUT2D eigenvalue weighted by molar-refractivity contribution is 0.0930. The van der Waals surface area contributed by atoms with Crippen LogP contribution < -0.4 is 5.32 Å². The van der Waals surface area contributed by atoms with Gasteiger partial charge in [0.1, 0.15) is 0 Å². The van der Waals surface area contributed by atoms with Crippen LogP contribution in [0.5, 0.6) is 0 Å². The Bertz CT molecular complexity index is 942. The van der Waals surface area contributed by atoms with Crippen molar-refractivity contribution in [2.45, 2.75) is 32.1 Å². The largest absolute Gasteiger partial charge is 0.349 e. The first-order valence-corrected chi connectivity index (χ1v) is 10.2. The summed E-state index contributed by atoms with van der Waals surface area (Å²) in [5.41, 5.74) is 1.76. The van der Waals surface area contributed by atoms with E-state index in [-0.39, 0.29) is 5.91 Å². The fourth-order valence-electron chi connectivity index (χ4n) is 3.59. The summed E-state index contributed by atoms with van der Waals surface area (Å²) >= 11 is 7.82. The predicted molar refractivity (Wildman–Crippen MR) is 106 cm³/mol. The number of imidazole rings is 1. The molecular formula is C19H21ClN4OS. The Labute approximate surface area is 161 Å². The van der Waals surface area contributed by atoms with Gasteiger partial charge in [0.2, 0.25) is 0 Å². The van der Waals surface area contributed by atoms with E-state index >= 15 is 0 Å². The normalized spacial score (nSPS) is 15.5. The fraction of sp³-hybridized carbons (Fsp3) is 0.421. The van der Waals surface area contributed by atoms with Gasteiger partial charge in [-0.25, -0.2) is 4.98 Å². The number of rotatable bonds is 4. The van der Waals surface area contributed by atoms with Gasteiger partial charge < -0.3 is 9.88 Å². The Morgan fingerprint density at radius 2 is 2.15 bits per heavy atom. The third kappa shape index (κ3) is 3.35. The molecule has 136 valence electrons. The molecule has 0 bridgehead atoms. The van der Waals surface area contributed by atoms with Crippen LogP contribution in [0.15, 0.2) is 24.5 Å². The highest BCUT2D eigenvalue weighted by Crippen LogP contribution is 2.36. The second kappa shape index (κ2) is 7.37. The van der Waals surface area contributed by atoms with E-state index in [2.05, 4.69) is 15.3 Å². The number of carbonyl (C=O) groups excluding carboxylic acids is 1. The molecule has 0 spiro atoms. The molecule has 1 aliphatic rings. The lowest BCUT2D eigenvalue weighted by atomic mass is 9.89. The first kappa shape index (κ1) is 17.5. The van der Waals surface area contributed by atoms with E-state index in [4.69, 9.17) is 11.6 Å². The van der Waals surface area contributed by atoms with E-state index in [1.807, 2.05) is 17.7 Å². The Balaban J connectivity index is 1.53. The molecule has 3 aromatic rings. The fourth-order valence-corrected chi connectivity index (χ4v) is 4.93. The summed E-state index contributed by atoms with van der Waals surface area (Å²) in [5.74, 6) is 0.928. The zero-order valence-electron chi connectivity index (χ0n) is 14.7. The van der Waals surface area contributed by atoms with Crippen LogP contribution in [-0.2, 0) is 7.05 Å². The number of halogens is 1. The maximum absolute atomic E-state index is 12.6. The SMILES string of the molecule is Cn1c(-c2cc3nccc(Cl)c3s2)cnc1C(=O)NCC1CCCCC1. The number of hydrogen-bond acceptors (Lipinski definition) is 4. The van der Waals surface area contributed by atoms with Crippen molar-refractivity contribution in [1.82, 2.24) is 19.9 Å². The molecule has 0 saturated heterocycles. The van der Waals surface area contributed by atoms with E-state index in [0.717, 1.165) is 27.3 Å². The standard InChI is InChI=1S/C19H21ClN4OS/c1-24-15(16-9-14-17(26-16)13(20)7-8-21-14)11-22-18(24)19(25)23-10-12-5-3-2-4-6-12/h7-9,11-12H,2-6,10H2,1H3,(H,23,25). The predicted octanol–water partition coefficient (Wildman–Crippen LogP) is 4.66. The molecule has 1 N–H and O–H groups in total. The highest BCUT2D eigenvalue weighted by Gasteiger charge is 2.19. The van der Waals surface area contributed by atoms with Gasteiger partial charge in [-0.2, -0.15) is 0 Å². The third-order valence-corrected chi connectivity index (χ3v) is 6.69. The third-order valence-electron chi connectivity index (χ3n) is 5.08.